The number of piperidine rings is 1. The lowest BCUT2D eigenvalue weighted by Gasteiger charge is -2.41. The highest BCUT2D eigenvalue weighted by molar-refractivity contribution is 5.87. The van der Waals surface area contributed by atoms with E-state index >= 15 is 0 Å². The Balaban J connectivity index is 1.68. The maximum Gasteiger partial charge on any atom is 0.412 e. The van der Waals surface area contributed by atoms with E-state index in [2.05, 4.69) is 10.2 Å². The fourth-order valence-corrected chi connectivity index (χ4v) is 3.46. The third-order valence-corrected chi connectivity index (χ3v) is 4.82. The summed E-state index contributed by atoms with van der Waals surface area (Å²) in [5, 5.41) is 2.89. The van der Waals surface area contributed by atoms with Crippen LogP contribution in [-0.4, -0.2) is 48.9 Å². The van der Waals surface area contributed by atoms with Crippen molar-refractivity contribution in [3.05, 3.63) is 23.8 Å². The van der Waals surface area contributed by atoms with E-state index in [4.69, 9.17) is 15.2 Å². The average molecular weight is 347 g/mol. The van der Waals surface area contributed by atoms with Crippen LogP contribution in [0.5, 0.6) is 0 Å². The fraction of sp³-hybridized carbons (Fsp3) is 0.632. The van der Waals surface area contributed by atoms with Crippen molar-refractivity contribution in [2.75, 3.05) is 37.4 Å². The highest BCUT2D eigenvalue weighted by Crippen LogP contribution is 2.35. The Morgan fingerprint density at radius 2 is 1.96 bits per heavy atom. The minimum Gasteiger partial charge on any atom is -0.444 e. The number of nitrogens with two attached hydrogens (primary N) is 1. The maximum absolute atomic E-state index is 12.2. The van der Waals surface area contributed by atoms with Crippen LogP contribution in [0.15, 0.2) is 18.2 Å². The first-order valence-corrected chi connectivity index (χ1v) is 9.03. The molecule has 2 fully saturated rings. The van der Waals surface area contributed by atoms with Crippen molar-refractivity contribution in [2.45, 2.75) is 51.2 Å². The highest BCUT2D eigenvalue weighted by Gasteiger charge is 2.31. The van der Waals surface area contributed by atoms with E-state index in [1.54, 1.807) is 0 Å². The molecular formula is C19H29N3O3. The number of nitrogen functional groups attached to an aromatic ring is 1. The van der Waals surface area contributed by atoms with Gasteiger partial charge in [0, 0.05) is 11.4 Å². The van der Waals surface area contributed by atoms with E-state index in [9.17, 15) is 4.79 Å². The van der Waals surface area contributed by atoms with E-state index in [1.807, 2.05) is 39.0 Å². The third kappa shape index (κ3) is 4.64. The van der Waals surface area contributed by atoms with Crippen LogP contribution in [-0.2, 0) is 9.47 Å². The van der Waals surface area contributed by atoms with Crippen molar-refractivity contribution >= 4 is 17.5 Å². The van der Waals surface area contributed by atoms with Crippen molar-refractivity contribution in [3.8, 4) is 0 Å². The van der Waals surface area contributed by atoms with Gasteiger partial charge in [0.05, 0.1) is 19.3 Å². The van der Waals surface area contributed by atoms with Crippen LogP contribution >= 0.6 is 0 Å². The normalized spacial score (nSPS) is 20.1. The lowest BCUT2D eigenvalue weighted by atomic mass is 9.87. The number of nitrogens with one attached hydrogen (secondary N) is 1. The van der Waals surface area contributed by atoms with Gasteiger partial charge >= 0.3 is 6.09 Å². The van der Waals surface area contributed by atoms with Gasteiger partial charge in [-0.15, -0.1) is 0 Å². The number of ether oxygens (including phenoxy) is 2. The van der Waals surface area contributed by atoms with Crippen LogP contribution in [0, 0.1) is 0 Å². The lowest BCUT2D eigenvalue weighted by molar-refractivity contribution is -0.0712. The van der Waals surface area contributed by atoms with Crippen LogP contribution in [0.2, 0.25) is 0 Å². The second-order valence-electron chi connectivity index (χ2n) is 7.98. The average Bonchev–Trinajstić information content (AvgIpc) is 2.44. The molecule has 1 aromatic carbocycles. The Kier molecular flexibility index (Phi) is 5.20. The lowest BCUT2D eigenvalue weighted by Crippen LogP contribution is -2.51. The Hall–Kier alpha value is -1.79. The summed E-state index contributed by atoms with van der Waals surface area (Å²) in [5.41, 5.74) is 7.95. The summed E-state index contributed by atoms with van der Waals surface area (Å²) in [6, 6.07) is 6.36. The molecule has 25 heavy (non-hydrogen) atoms. The van der Waals surface area contributed by atoms with Gasteiger partial charge in [-0.2, -0.15) is 0 Å². The molecule has 2 aliphatic rings. The van der Waals surface area contributed by atoms with Gasteiger partial charge < -0.3 is 15.2 Å². The molecule has 1 amide bonds. The molecule has 6 heteroatoms. The van der Waals surface area contributed by atoms with Crippen LogP contribution in [0.1, 0.15) is 45.1 Å². The molecule has 0 atom stereocenters. The SMILES string of the molecule is CC(C)(C)OC(=O)Nc1cc(N)ccc1C1CCN(C2COC2)CC1. The predicted octanol–water partition coefficient (Wildman–Crippen LogP) is 3.19. The zero-order chi connectivity index (χ0) is 18.0. The summed E-state index contributed by atoms with van der Waals surface area (Å²) in [5.74, 6) is 0.419. The van der Waals surface area contributed by atoms with Crippen LogP contribution in [0.25, 0.3) is 0 Å². The van der Waals surface area contributed by atoms with Crippen LogP contribution < -0.4 is 11.1 Å². The molecular weight excluding hydrogens is 318 g/mol. The van der Waals surface area contributed by atoms with E-state index in [0.29, 0.717) is 17.6 Å². The summed E-state index contributed by atoms with van der Waals surface area (Å²) in [6.07, 6.45) is 1.70. The number of anilines is 2. The molecule has 0 saturated carbocycles. The molecule has 0 radical (unpaired) electrons. The van der Waals surface area contributed by atoms with Gasteiger partial charge in [-0.25, -0.2) is 4.79 Å². The van der Waals surface area contributed by atoms with Crippen LogP contribution in [0.3, 0.4) is 0 Å². The fourth-order valence-electron chi connectivity index (χ4n) is 3.46. The van der Waals surface area contributed by atoms with E-state index < -0.39 is 11.7 Å². The number of nitrogens with zero attached hydrogens (tertiary/aromatic N) is 1. The molecule has 0 aromatic heterocycles. The minimum atomic E-state index is -0.527. The number of hydrogen-bond acceptors (Lipinski definition) is 5. The Labute approximate surface area is 149 Å². The van der Waals surface area contributed by atoms with Gasteiger partial charge in [0.25, 0.3) is 0 Å². The second-order valence-corrected chi connectivity index (χ2v) is 7.98. The van der Waals surface area contributed by atoms with Gasteiger partial charge in [0.15, 0.2) is 0 Å². The number of hydrogen-bond donors (Lipinski definition) is 2. The van der Waals surface area contributed by atoms with Crippen molar-refractivity contribution in [1.29, 1.82) is 0 Å². The number of benzene rings is 1. The predicted molar refractivity (Wildman–Crippen MR) is 98.9 cm³/mol. The van der Waals surface area contributed by atoms with E-state index in [1.165, 1.54) is 0 Å². The number of amides is 1. The number of rotatable bonds is 3. The molecule has 0 unspecified atom stereocenters. The topological polar surface area (TPSA) is 76.8 Å². The first-order chi connectivity index (χ1) is 11.8. The molecule has 3 N–H and O–H groups in total. The molecule has 3 rings (SSSR count). The zero-order valence-corrected chi connectivity index (χ0v) is 15.4. The number of carbonyl (C=O) groups is 1. The molecule has 0 bridgehead atoms. The van der Waals surface area contributed by atoms with Crippen molar-refractivity contribution in [3.63, 3.8) is 0 Å². The number of likely N-dealkylation sites (tertiary alicyclic amines) is 1. The van der Waals surface area contributed by atoms with Crippen LogP contribution in [0.4, 0.5) is 16.2 Å². The summed E-state index contributed by atoms with van der Waals surface area (Å²) in [4.78, 5) is 14.7. The van der Waals surface area contributed by atoms with Crippen molar-refractivity contribution in [1.82, 2.24) is 4.90 Å². The summed E-state index contributed by atoms with van der Waals surface area (Å²) in [6.45, 7) is 9.41. The molecule has 138 valence electrons. The second kappa shape index (κ2) is 7.22. The summed E-state index contributed by atoms with van der Waals surface area (Å²) >= 11 is 0. The zero-order valence-electron chi connectivity index (χ0n) is 15.4. The van der Waals surface area contributed by atoms with Gasteiger partial charge in [0.1, 0.15) is 5.60 Å². The molecule has 2 saturated heterocycles. The Bertz CT molecular complexity index is 615. The molecule has 2 heterocycles. The first-order valence-electron chi connectivity index (χ1n) is 9.03. The van der Waals surface area contributed by atoms with Gasteiger partial charge in [-0.1, -0.05) is 6.07 Å². The summed E-state index contributed by atoms with van der Waals surface area (Å²) < 4.78 is 10.7. The number of carbonyl (C=O) groups excluding carboxylic acids is 1. The standard InChI is InChI=1S/C19H29N3O3/c1-19(2,3)25-18(23)21-17-10-14(20)4-5-16(17)13-6-8-22(9-7-13)15-11-24-12-15/h4-5,10,13,15H,6-9,11-12,20H2,1-3H3,(H,21,23). The quantitative estimate of drug-likeness (QED) is 0.821. The monoisotopic (exact) mass is 347 g/mol. The summed E-state index contributed by atoms with van der Waals surface area (Å²) in [7, 11) is 0. The van der Waals surface area contributed by atoms with Gasteiger partial charge in [-0.3, -0.25) is 10.2 Å². The van der Waals surface area contributed by atoms with Gasteiger partial charge in [-0.05, 0) is 70.3 Å². The van der Waals surface area contributed by atoms with Crippen molar-refractivity contribution < 1.29 is 14.3 Å². The molecule has 0 spiro atoms. The maximum atomic E-state index is 12.2. The molecule has 1 aromatic rings. The molecule has 0 aliphatic carbocycles. The van der Waals surface area contributed by atoms with Gasteiger partial charge in [0.2, 0.25) is 0 Å². The molecule has 2 aliphatic heterocycles. The smallest absolute Gasteiger partial charge is 0.412 e. The highest BCUT2D eigenvalue weighted by atomic mass is 16.6. The van der Waals surface area contributed by atoms with E-state index in [0.717, 1.165) is 50.4 Å². The largest absolute Gasteiger partial charge is 0.444 e. The molecule has 6 nitrogen and oxygen atoms in total. The Morgan fingerprint density at radius 1 is 1.28 bits per heavy atom. The third-order valence-electron chi connectivity index (χ3n) is 4.82. The minimum absolute atomic E-state index is 0.419. The Morgan fingerprint density at radius 3 is 2.52 bits per heavy atom. The van der Waals surface area contributed by atoms with E-state index in [-0.39, 0.29) is 0 Å². The van der Waals surface area contributed by atoms with Crippen molar-refractivity contribution in [2.24, 2.45) is 0 Å². The first kappa shape index (κ1) is 18.0.